The summed E-state index contributed by atoms with van der Waals surface area (Å²) in [4.78, 5) is 1.36. The molecule has 0 aliphatic heterocycles. The second-order valence-electron chi connectivity index (χ2n) is 2.60. The van der Waals surface area contributed by atoms with Crippen LogP contribution in [0.2, 0.25) is 0 Å². The van der Waals surface area contributed by atoms with Crippen LogP contribution in [0.5, 0.6) is 0 Å². The molecule has 2 rings (SSSR count). The Morgan fingerprint density at radius 1 is 1.23 bits per heavy atom. The Morgan fingerprint density at radius 3 is 2.46 bits per heavy atom. The molecule has 1 aromatic heterocycles. The van der Waals surface area contributed by atoms with Crippen molar-refractivity contribution < 1.29 is 4.39 Å². The topological polar surface area (TPSA) is 43.6 Å². The third-order valence-corrected chi connectivity index (χ3v) is 1.57. The third-order valence-electron chi connectivity index (χ3n) is 1.57. The number of rotatable bonds is 1. The molecule has 0 atom stereocenters. The zero-order chi connectivity index (χ0) is 9.26. The molecule has 5 heteroatoms. The summed E-state index contributed by atoms with van der Waals surface area (Å²) >= 11 is 0. The fourth-order valence-electron chi connectivity index (χ4n) is 0.968. The summed E-state index contributed by atoms with van der Waals surface area (Å²) in [5.41, 5.74) is 0.696. The highest BCUT2D eigenvalue weighted by molar-refractivity contribution is 5.28. The number of hydrogen-bond donors (Lipinski definition) is 0. The Kier molecular flexibility index (Phi) is 1.77. The van der Waals surface area contributed by atoms with Gasteiger partial charge in [-0.3, -0.25) is 0 Å². The van der Waals surface area contributed by atoms with Gasteiger partial charge in [0.05, 0.1) is 5.69 Å². The van der Waals surface area contributed by atoms with Crippen molar-refractivity contribution in [1.29, 1.82) is 0 Å². The van der Waals surface area contributed by atoms with E-state index in [-0.39, 0.29) is 5.82 Å². The highest BCUT2D eigenvalue weighted by Crippen LogP contribution is 2.05. The van der Waals surface area contributed by atoms with E-state index in [1.165, 1.54) is 16.9 Å². The Bertz CT molecular complexity index is 406. The Balaban J connectivity index is 2.41. The highest BCUT2D eigenvalue weighted by atomic mass is 19.1. The number of benzene rings is 1. The van der Waals surface area contributed by atoms with Gasteiger partial charge in [0.1, 0.15) is 5.82 Å². The molecule has 0 bridgehead atoms. The molecule has 0 amide bonds. The average molecular weight is 178 g/mol. The molecule has 0 unspecified atom stereocenters. The molecule has 0 aliphatic rings. The molecule has 0 saturated heterocycles. The Labute approximate surface area is 74.0 Å². The molecule has 0 fully saturated rings. The van der Waals surface area contributed by atoms with Crippen LogP contribution in [0, 0.1) is 12.7 Å². The lowest BCUT2D eigenvalue weighted by Gasteiger charge is -1.95. The van der Waals surface area contributed by atoms with Crippen LogP contribution in [0.3, 0.4) is 0 Å². The maximum atomic E-state index is 12.5. The van der Waals surface area contributed by atoms with Crippen LogP contribution in [0.15, 0.2) is 24.3 Å². The monoisotopic (exact) mass is 178 g/mol. The number of aryl methyl sites for hydroxylation is 1. The molecular formula is C8H7FN4. The van der Waals surface area contributed by atoms with E-state index in [1.807, 2.05) is 0 Å². The summed E-state index contributed by atoms with van der Waals surface area (Å²) in [5.74, 6) is 0.310. The lowest BCUT2D eigenvalue weighted by Crippen LogP contribution is -1.98. The van der Waals surface area contributed by atoms with Crippen LogP contribution >= 0.6 is 0 Å². The molecule has 1 aromatic carbocycles. The van der Waals surface area contributed by atoms with Crippen LogP contribution < -0.4 is 0 Å². The van der Waals surface area contributed by atoms with Crippen molar-refractivity contribution in [3.05, 3.63) is 35.9 Å². The first-order valence-corrected chi connectivity index (χ1v) is 3.78. The number of nitrogens with zero attached hydrogens (tertiary/aromatic N) is 4. The van der Waals surface area contributed by atoms with E-state index in [2.05, 4.69) is 15.4 Å². The smallest absolute Gasteiger partial charge is 0.172 e. The van der Waals surface area contributed by atoms with Crippen molar-refractivity contribution in [1.82, 2.24) is 20.2 Å². The van der Waals surface area contributed by atoms with Gasteiger partial charge < -0.3 is 0 Å². The maximum absolute atomic E-state index is 12.5. The van der Waals surface area contributed by atoms with Gasteiger partial charge in [0.2, 0.25) is 0 Å². The molecule has 0 spiro atoms. The first-order chi connectivity index (χ1) is 6.25. The maximum Gasteiger partial charge on any atom is 0.172 e. The lowest BCUT2D eigenvalue weighted by atomic mass is 10.3. The van der Waals surface area contributed by atoms with E-state index in [1.54, 1.807) is 19.1 Å². The van der Waals surface area contributed by atoms with Gasteiger partial charge in [0.15, 0.2) is 5.82 Å². The Hall–Kier alpha value is -1.78. The van der Waals surface area contributed by atoms with Crippen LogP contribution in [0.25, 0.3) is 5.69 Å². The quantitative estimate of drug-likeness (QED) is 0.657. The summed E-state index contributed by atoms with van der Waals surface area (Å²) in [6.45, 7) is 1.74. The van der Waals surface area contributed by atoms with Crippen molar-refractivity contribution in [3.8, 4) is 5.69 Å². The minimum Gasteiger partial charge on any atom is -0.207 e. The van der Waals surface area contributed by atoms with Gasteiger partial charge in [-0.15, -0.1) is 15.0 Å². The first kappa shape index (κ1) is 7.85. The van der Waals surface area contributed by atoms with E-state index in [4.69, 9.17) is 0 Å². The predicted molar refractivity (Wildman–Crippen MR) is 43.8 cm³/mol. The van der Waals surface area contributed by atoms with Crippen molar-refractivity contribution in [2.45, 2.75) is 6.92 Å². The van der Waals surface area contributed by atoms with Gasteiger partial charge in [-0.25, -0.2) is 4.39 Å². The third kappa shape index (κ3) is 1.53. The van der Waals surface area contributed by atoms with Crippen molar-refractivity contribution >= 4 is 0 Å². The molecule has 4 nitrogen and oxygen atoms in total. The van der Waals surface area contributed by atoms with Crippen molar-refractivity contribution in [3.63, 3.8) is 0 Å². The molecule has 0 N–H and O–H groups in total. The van der Waals surface area contributed by atoms with E-state index in [9.17, 15) is 4.39 Å². The Morgan fingerprint density at radius 2 is 1.92 bits per heavy atom. The second kappa shape index (κ2) is 2.93. The fraction of sp³-hybridized carbons (Fsp3) is 0.125. The summed E-state index contributed by atoms with van der Waals surface area (Å²) in [7, 11) is 0. The highest BCUT2D eigenvalue weighted by Gasteiger charge is 1.99. The van der Waals surface area contributed by atoms with E-state index in [0.29, 0.717) is 11.5 Å². The summed E-state index contributed by atoms with van der Waals surface area (Å²) in [6, 6.07) is 5.90. The van der Waals surface area contributed by atoms with E-state index in [0.717, 1.165) is 0 Å². The zero-order valence-electron chi connectivity index (χ0n) is 6.98. The van der Waals surface area contributed by atoms with Gasteiger partial charge >= 0.3 is 0 Å². The molecular weight excluding hydrogens is 171 g/mol. The summed E-state index contributed by atoms with van der Waals surface area (Å²) < 4.78 is 12.5. The molecule has 0 radical (unpaired) electrons. The number of hydrogen-bond acceptors (Lipinski definition) is 3. The zero-order valence-corrected chi connectivity index (χ0v) is 6.98. The molecule has 13 heavy (non-hydrogen) atoms. The first-order valence-electron chi connectivity index (χ1n) is 3.78. The van der Waals surface area contributed by atoms with Gasteiger partial charge in [0, 0.05) is 0 Å². The minimum atomic E-state index is -0.277. The van der Waals surface area contributed by atoms with E-state index >= 15 is 0 Å². The minimum absolute atomic E-state index is 0.277. The number of halogens is 1. The average Bonchev–Trinajstić information content (AvgIpc) is 2.53. The molecule has 0 aliphatic carbocycles. The fourth-order valence-corrected chi connectivity index (χ4v) is 0.968. The van der Waals surface area contributed by atoms with Crippen LogP contribution in [-0.4, -0.2) is 20.2 Å². The molecule has 66 valence electrons. The molecule has 0 saturated carbocycles. The van der Waals surface area contributed by atoms with E-state index < -0.39 is 0 Å². The van der Waals surface area contributed by atoms with Crippen LogP contribution in [0.4, 0.5) is 4.39 Å². The standard InChI is InChI=1S/C8H7FN4/c1-6-10-12-13(11-6)8-4-2-7(9)3-5-8/h2-5H,1H3. The molecule has 2 aromatic rings. The van der Waals surface area contributed by atoms with Crippen molar-refractivity contribution in [2.24, 2.45) is 0 Å². The summed E-state index contributed by atoms with van der Waals surface area (Å²) in [5, 5.41) is 11.5. The predicted octanol–water partition coefficient (Wildman–Crippen LogP) is 1.11. The summed E-state index contributed by atoms with van der Waals surface area (Å²) in [6.07, 6.45) is 0. The SMILES string of the molecule is Cc1nnn(-c2ccc(F)cc2)n1. The number of aromatic nitrogens is 4. The van der Waals surface area contributed by atoms with Crippen molar-refractivity contribution in [2.75, 3.05) is 0 Å². The largest absolute Gasteiger partial charge is 0.207 e. The van der Waals surface area contributed by atoms with Gasteiger partial charge in [-0.2, -0.15) is 0 Å². The van der Waals surface area contributed by atoms with Gasteiger partial charge in [-0.05, 0) is 36.4 Å². The number of tetrazole rings is 1. The van der Waals surface area contributed by atoms with Crippen LogP contribution in [0.1, 0.15) is 5.82 Å². The molecule has 1 heterocycles. The van der Waals surface area contributed by atoms with Gasteiger partial charge in [-0.1, -0.05) is 0 Å². The van der Waals surface area contributed by atoms with Gasteiger partial charge in [0.25, 0.3) is 0 Å². The second-order valence-corrected chi connectivity index (χ2v) is 2.60. The normalized spacial score (nSPS) is 10.3. The van der Waals surface area contributed by atoms with Crippen LogP contribution in [-0.2, 0) is 0 Å². The lowest BCUT2D eigenvalue weighted by molar-refractivity contribution is 0.625.